The van der Waals surface area contributed by atoms with Gasteiger partial charge in [-0.15, -0.1) is 0 Å². The molecule has 0 aliphatic carbocycles. The molecule has 1 aromatic heterocycles. The molecule has 0 saturated heterocycles. The van der Waals surface area contributed by atoms with Crippen LogP contribution in [0.1, 0.15) is 30.5 Å². The molecule has 6 rings (SSSR count). The van der Waals surface area contributed by atoms with Crippen LogP contribution in [0, 0.1) is 5.92 Å². The number of aliphatic hydroxyl groups excluding tert-OH is 1. The number of hydrogen-bond donors (Lipinski definition) is 2. The molecular formula is C41H46N4O4. The van der Waals surface area contributed by atoms with E-state index in [2.05, 4.69) is 60.6 Å². The number of ether oxygens (including phenoxy) is 1. The summed E-state index contributed by atoms with van der Waals surface area (Å²) in [4.78, 5) is 30.9. The van der Waals surface area contributed by atoms with E-state index in [0.717, 1.165) is 23.0 Å². The van der Waals surface area contributed by atoms with Crippen molar-refractivity contribution in [1.82, 2.24) is 14.4 Å². The highest BCUT2D eigenvalue weighted by molar-refractivity contribution is 5.96. The van der Waals surface area contributed by atoms with Gasteiger partial charge in [-0.25, -0.2) is 0 Å². The standard InChI is InChI=1S/C41H46N4O4/c1-28-23-45(29(2)27-46)41(48)22-33-20-35(42-40(47)21-34-25-44(4)37-13-9-8-12-36(34)37)18-19-38(33)49-39(28)26-43(3)24-30-14-16-32(17-15-30)31-10-6-5-7-11-31/h5-20,25,28-29,39,46H,21-24,26-27H2,1-4H3,(H,42,47)/t28-,29+,39-/m0/s1. The van der Waals surface area contributed by atoms with Crippen molar-refractivity contribution < 1.29 is 19.4 Å². The Bertz CT molecular complexity index is 1900. The monoisotopic (exact) mass is 658 g/mol. The van der Waals surface area contributed by atoms with Crippen LogP contribution in [0.25, 0.3) is 22.0 Å². The van der Waals surface area contributed by atoms with E-state index in [1.54, 1.807) is 4.90 Å². The molecule has 0 fully saturated rings. The van der Waals surface area contributed by atoms with Gasteiger partial charge in [-0.3, -0.25) is 14.5 Å². The number of benzene rings is 4. The fourth-order valence-corrected chi connectivity index (χ4v) is 6.79. The number of rotatable bonds is 10. The Morgan fingerprint density at radius 1 is 1.00 bits per heavy atom. The number of likely N-dealkylation sites (N-methyl/N-ethyl adjacent to an activating group) is 1. The van der Waals surface area contributed by atoms with Gasteiger partial charge in [0.1, 0.15) is 11.9 Å². The lowest BCUT2D eigenvalue weighted by atomic mass is 10.0. The van der Waals surface area contributed by atoms with Gasteiger partial charge in [0.25, 0.3) is 0 Å². The number of fused-ring (bicyclic) bond motifs is 2. The molecule has 2 heterocycles. The molecule has 0 spiro atoms. The molecule has 8 heteroatoms. The summed E-state index contributed by atoms with van der Waals surface area (Å²) in [6, 6.07) is 32.3. The van der Waals surface area contributed by atoms with Crippen molar-refractivity contribution in [2.24, 2.45) is 13.0 Å². The van der Waals surface area contributed by atoms with Crippen molar-refractivity contribution in [1.29, 1.82) is 0 Å². The highest BCUT2D eigenvalue weighted by Gasteiger charge is 2.31. The molecule has 5 aromatic rings. The van der Waals surface area contributed by atoms with Crippen LogP contribution in [0.3, 0.4) is 0 Å². The second-order valence-corrected chi connectivity index (χ2v) is 13.5. The number of para-hydroxylation sites is 1. The maximum atomic E-state index is 13.7. The Kier molecular flexibility index (Phi) is 10.5. The van der Waals surface area contributed by atoms with Crippen LogP contribution in [0.5, 0.6) is 5.75 Å². The summed E-state index contributed by atoms with van der Waals surface area (Å²) < 4.78 is 8.77. The third-order valence-corrected chi connectivity index (χ3v) is 9.54. The second-order valence-electron chi connectivity index (χ2n) is 13.5. The fourth-order valence-electron chi connectivity index (χ4n) is 6.79. The van der Waals surface area contributed by atoms with Crippen LogP contribution in [0.4, 0.5) is 5.69 Å². The quantitative estimate of drug-likeness (QED) is 0.184. The van der Waals surface area contributed by atoms with Crippen molar-refractivity contribution >= 4 is 28.4 Å². The zero-order valence-corrected chi connectivity index (χ0v) is 28.8. The van der Waals surface area contributed by atoms with Gasteiger partial charge in [-0.1, -0.05) is 79.7 Å². The molecule has 1 aliphatic heterocycles. The van der Waals surface area contributed by atoms with Crippen LogP contribution in [0.15, 0.2) is 103 Å². The van der Waals surface area contributed by atoms with E-state index in [-0.39, 0.29) is 49.3 Å². The second kappa shape index (κ2) is 15.1. The molecule has 4 aromatic carbocycles. The average Bonchev–Trinajstić information content (AvgIpc) is 3.43. The number of anilines is 1. The van der Waals surface area contributed by atoms with E-state index in [4.69, 9.17) is 4.74 Å². The molecule has 49 heavy (non-hydrogen) atoms. The normalized spacial score (nSPS) is 17.2. The van der Waals surface area contributed by atoms with Gasteiger partial charge in [0.2, 0.25) is 11.8 Å². The van der Waals surface area contributed by atoms with E-state index in [0.29, 0.717) is 30.1 Å². The molecule has 2 N–H and O–H groups in total. The first-order valence-electron chi connectivity index (χ1n) is 17.0. The molecule has 1 aliphatic rings. The van der Waals surface area contributed by atoms with Crippen LogP contribution in [-0.4, -0.2) is 70.2 Å². The predicted octanol–water partition coefficient (Wildman–Crippen LogP) is 6.31. The lowest BCUT2D eigenvalue weighted by Gasteiger charge is -2.34. The SMILES string of the molecule is C[C@H](CO)N1C[C@H](C)[C@H](CN(C)Cc2ccc(-c3ccccc3)cc2)Oc2ccc(NC(=O)Cc3cn(C)c4ccccc34)cc2CC1=O. The summed E-state index contributed by atoms with van der Waals surface area (Å²) in [6.07, 6.45) is 2.11. The van der Waals surface area contributed by atoms with E-state index < -0.39 is 0 Å². The lowest BCUT2D eigenvalue weighted by Crippen LogP contribution is -2.47. The van der Waals surface area contributed by atoms with E-state index in [9.17, 15) is 14.7 Å². The van der Waals surface area contributed by atoms with Gasteiger partial charge in [-0.05, 0) is 60.5 Å². The Labute approximate surface area is 288 Å². The summed E-state index contributed by atoms with van der Waals surface area (Å²) in [5, 5.41) is 14.1. The van der Waals surface area contributed by atoms with E-state index in [1.165, 1.54) is 16.7 Å². The Hall–Kier alpha value is -4.92. The molecule has 0 unspecified atom stereocenters. The van der Waals surface area contributed by atoms with Crippen LogP contribution >= 0.6 is 0 Å². The van der Waals surface area contributed by atoms with Crippen molar-refractivity contribution in [2.45, 2.75) is 45.4 Å². The van der Waals surface area contributed by atoms with Crippen LogP contribution < -0.4 is 10.1 Å². The highest BCUT2D eigenvalue weighted by atomic mass is 16.5. The van der Waals surface area contributed by atoms with Crippen molar-refractivity contribution in [3.05, 3.63) is 120 Å². The number of amides is 2. The minimum absolute atomic E-state index is 0.00752. The lowest BCUT2D eigenvalue weighted by molar-refractivity contribution is -0.134. The van der Waals surface area contributed by atoms with Crippen LogP contribution in [-0.2, 0) is 36.0 Å². The first-order chi connectivity index (χ1) is 23.7. The molecule has 8 nitrogen and oxygen atoms in total. The number of carbonyl (C=O) groups is 2. The zero-order chi connectivity index (χ0) is 34.5. The molecule has 0 radical (unpaired) electrons. The summed E-state index contributed by atoms with van der Waals surface area (Å²) in [6.45, 7) is 5.69. The number of aryl methyl sites for hydroxylation is 1. The van der Waals surface area contributed by atoms with Gasteiger partial charge in [0.05, 0.1) is 25.5 Å². The third-order valence-electron chi connectivity index (χ3n) is 9.54. The Morgan fingerprint density at radius 2 is 1.71 bits per heavy atom. The highest BCUT2D eigenvalue weighted by Crippen LogP contribution is 2.30. The van der Waals surface area contributed by atoms with Gasteiger partial charge < -0.3 is 24.6 Å². The minimum atomic E-state index is -0.332. The molecule has 2 amide bonds. The van der Waals surface area contributed by atoms with Crippen LogP contribution in [0.2, 0.25) is 0 Å². The maximum Gasteiger partial charge on any atom is 0.228 e. The number of aromatic nitrogens is 1. The number of hydrogen-bond acceptors (Lipinski definition) is 5. The first-order valence-corrected chi connectivity index (χ1v) is 17.0. The topological polar surface area (TPSA) is 87.0 Å². The maximum absolute atomic E-state index is 13.7. The van der Waals surface area contributed by atoms with Gasteiger partial charge in [0.15, 0.2) is 0 Å². The molecule has 0 saturated carbocycles. The van der Waals surface area contributed by atoms with E-state index in [1.807, 2.05) is 85.4 Å². The number of carbonyl (C=O) groups excluding carboxylic acids is 2. The van der Waals surface area contributed by atoms with Crippen molar-refractivity contribution in [3.63, 3.8) is 0 Å². The van der Waals surface area contributed by atoms with E-state index >= 15 is 0 Å². The van der Waals surface area contributed by atoms with Gasteiger partial charge in [0, 0.05) is 61.0 Å². The Balaban J connectivity index is 1.19. The largest absolute Gasteiger partial charge is 0.488 e. The first kappa shape index (κ1) is 34.0. The van der Waals surface area contributed by atoms with Gasteiger partial charge in [-0.2, -0.15) is 0 Å². The third kappa shape index (κ3) is 8.04. The number of nitrogens with zero attached hydrogens (tertiary/aromatic N) is 3. The summed E-state index contributed by atoms with van der Waals surface area (Å²) in [5.41, 5.74) is 6.94. The summed E-state index contributed by atoms with van der Waals surface area (Å²) >= 11 is 0. The minimum Gasteiger partial charge on any atom is -0.488 e. The van der Waals surface area contributed by atoms with Crippen molar-refractivity contribution in [3.8, 4) is 16.9 Å². The fraction of sp³-hybridized carbons (Fsp3) is 0.317. The summed E-state index contributed by atoms with van der Waals surface area (Å²) in [5.74, 6) is 0.417. The smallest absolute Gasteiger partial charge is 0.228 e. The molecule has 3 atom stereocenters. The average molecular weight is 659 g/mol. The molecule has 0 bridgehead atoms. The molecular weight excluding hydrogens is 612 g/mol. The number of nitrogens with one attached hydrogen (secondary N) is 1. The zero-order valence-electron chi connectivity index (χ0n) is 28.8. The Morgan fingerprint density at radius 3 is 2.47 bits per heavy atom. The van der Waals surface area contributed by atoms with Crippen molar-refractivity contribution in [2.75, 3.05) is 32.1 Å². The predicted molar refractivity (Wildman–Crippen MR) is 195 cm³/mol. The molecule has 254 valence electrons. The van der Waals surface area contributed by atoms with Gasteiger partial charge >= 0.3 is 0 Å². The number of aliphatic hydroxyl groups is 1. The summed E-state index contributed by atoms with van der Waals surface area (Å²) in [7, 11) is 4.07.